The summed E-state index contributed by atoms with van der Waals surface area (Å²) in [5.74, 6) is -3.40. The molecular formula is C16H12N2O8. The maximum Gasteiger partial charge on any atom is 0.336 e. The number of hydrogen-bond acceptors (Lipinski definition) is 6. The lowest BCUT2D eigenvalue weighted by Crippen LogP contribution is -2.20. The monoisotopic (exact) mass is 360 g/mol. The van der Waals surface area contributed by atoms with Crippen LogP contribution in [-0.4, -0.2) is 39.6 Å². The molecule has 26 heavy (non-hydrogen) atoms. The van der Waals surface area contributed by atoms with Crippen molar-refractivity contribution in [2.45, 2.75) is 0 Å². The summed E-state index contributed by atoms with van der Waals surface area (Å²) in [5, 5.41) is 31.0. The highest BCUT2D eigenvalue weighted by atomic mass is 16.6. The van der Waals surface area contributed by atoms with E-state index >= 15 is 0 Å². The highest BCUT2D eigenvalue weighted by molar-refractivity contribution is 6.03. The van der Waals surface area contributed by atoms with E-state index in [9.17, 15) is 24.5 Å². The molecule has 0 bridgehead atoms. The third-order valence-corrected chi connectivity index (χ3v) is 3.16. The van der Waals surface area contributed by atoms with Crippen LogP contribution >= 0.6 is 0 Å². The van der Waals surface area contributed by atoms with E-state index in [2.05, 4.69) is 5.32 Å². The first-order valence-corrected chi connectivity index (χ1v) is 7.05. The van der Waals surface area contributed by atoms with E-state index in [-0.39, 0.29) is 17.1 Å². The normalized spacial score (nSPS) is 10.0. The van der Waals surface area contributed by atoms with Gasteiger partial charge < -0.3 is 20.3 Å². The SMILES string of the molecule is O=C(COc1cccc([N+](=O)[O-])c1)Nc1ccc(C(=O)O)c(C(=O)O)c1. The fraction of sp³-hybridized carbons (Fsp3) is 0.0625. The lowest BCUT2D eigenvalue weighted by Gasteiger charge is -2.09. The quantitative estimate of drug-likeness (QED) is 0.500. The zero-order chi connectivity index (χ0) is 19.3. The molecule has 0 aliphatic carbocycles. The number of benzene rings is 2. The van der Waals surface area contributed by atoms with Gasteiger partial charge in [-0.25, -0.2) is 9.59 Å². The van der Waals surface area contributed by atoms with E-state index < -0.39 is 40.5 Å². The topological polar surface area (TPSA) is 156 Å². The summed E-state index contributed by atoms with van der Waals surface area (Å²) in [6, 6.07) is 8.56. The van der Waals surface area contributed by atoms with Gasteiger partial charge in [0.2, 0.25) is 0 Å². The maximum absolute atomic E-state index is 11.9. The Labute approximate surface area is 145 Å². The predicted molar refractivity (Wildman–Crippen MR) is 87.6 cm³/mol. The van der Waals surface area contributed by atoms with Crippen LogP contribution in [0.2, 0.25) is 0 Å². The van der Waals surface area contributed by atoms with E-state index in [1.807, 2.05) is 0 Å². The molecule has 10 nitrogen and oxygen atoms in total. The molecule has 1 amide bonds. The summed E-state index contributed by atoms with van der Waals surface area (Å²) in [6.07, 6.45) is 0. The van der Waals surface area contributed by atoms with Gasteiger partial charge in [-0.2, -0.15) is 0 Å². The molecule has 0 aliphatic rings. The van der Waals surface area contributed by atoms with Crippen LogP contribution < -0.4 is 10.1 Å². The lowest BCUT2D eigenvalue weighted by molar-refractivity contribution is -0.384. The van der Waals surface area contributed by atoms with Crippen LogP contribution in [0.15, 0.2) is 42.5 Å². The number of nitrogens with one attached hydrogen (secondary N) is 1. The lowest BCUT2D eigenvalue weighted by atomic mass is 10.1. The summed E-state index contributed by atoms with van der Waals surface area (Å²) >= 11 is 0. The Morgan fingerprint density at radius 1 is 1.04 bits per heavy atom. The Bertz CT molecular complexity index is 894. The van der Waals surface area contributed by atoms with E-state index in [0.29, 0.717) is 0 Å². The molecule has 0 unspecified atom stereocenters. The van der Waals surface area contributed by atoms with Crippen LogP contribution in [0.1, 0.15) is 20.7 Å². The molecule has 0 saturated carbocycles. The number of carboxylic acids is 2. The van der Waals surface area contributed by atoms with Gasteiger partial charge in [0, 0.05) is 11.8 Å². The number of hydrogen-bond donors (Lipinski definition) is 3. The Kier molecular flexibility index (Phi) is 5.48. The van der Waals surface area contributed by atoms with Gasteiger partial charge in [0.1, 0.15) is 5.75 Å². The summed E-state index contributed by atoms with van der Waals surface area (Å²) in [4.78, 5) is 44.0. The predicted octanol–water partition coefficient (Wildman–Crippen LogP) is 2.01. The Hall–Kier alpha value is -3.95. The van der Waals surface area contributed by atoms with E-state index in [1.165, 1.54) is 24.3 Å². The van der Waals surface area contributed by atoms with Crippen molar-refractivity contribution in [3.8, 4) is 5.75 Å². The maximum atomic E-state index is 11.9. The number of carbonyl (C=O) groups excluding carboxylic acids is 1. The molecule has 2 aromatic rings. The zero-order valence-electron chi connectivity index (χ0n) is 13.0. The van der Waals surface area contributed by atoms with Gasteiger partial charge >= 0.3 is 11.9 Å². The number of carbonyl (C=O) groups is 3. The number of nitro groups is 1. The first-order valence-electron chi connectivity index (χ1n) is 7.05. The number of rotatable bonds is 7. The van der Waals surface area contributed by atoms with Crippen molar-refractivity contribution in [1.29, 1.82) is 0 Å². The van der Waals surface area contributed by atoms with E-state index in [1.54, 1.807) is 0 Å². The number of nitrogens with zero attached hydrogens (tertiary/aromatic N) is 1. The van der Waals surface area contributed by atoms with Gasteiger partial charge in [-0.05, 0) is 24.3 Å². The second-order valence-corrected chi connectivity index (χ2v) is 4.96. The number of amides is 1. The zero-order valence-corrected chi connectivity index (χ0v) is 13.0. The summed E-state index contributed by atoms with van der Waals surface area (Å²) in [5.41, 5.74) is -1.02. The largest absolute Gasteiger partial charge is 0.484 e. The summed E-state index contributed by atoms with van der Waals surface area (Å²) < 4.78 is 5.14. The second-order valence-electron chi connectivity index (χ2n) is 4.96. The number of nitro benzene ring substituents is 1. The molecule has 0 saturated heterocycles. The molecule has 0 heterocycles. The molecule has 0 aromatic heterocycles. The molecule has 0 spiro atoms. The van der Waals surface area contributed by atoms with Crippen molar-refractivity contribution in [1.82, 2.24) is 0 Å². The van der Waals surface area contributed by atoms with Crippen molar-refractivity contribution in [2.24, 2.45) is 0 Å². The fourth-order valence-electron chi connectivity index (χ4n) is 2.02. The fourth-order valence-corrected chi connectivity index (χ4v) is 2.02. The summed E-state index contributed by atoms with van der Waals surface area (Å²) in [7, 11) is 0. The molecule has 2 rings (SSSR count). The van der Waals surface area contributed by atoms with E-state index in [0.717, 1.165) is 18.2 Å². The molecular weight excluding hydrogens is 348 g/mol. The van der Waals surface area contributed by atoms with Gasteiger partial charge in [-0.15, -0.1) is 0 Å². The third kappa shape index (κ3) is 4.54. The third-order valence-electron chi connectivity index (χ3n) is 3.16. The summed E-state index contributed by atoms with van der Waals surface area (Å²) in [6.45, 7) is -0.482. The average molecular weight is 360 g/mol. The van der Waals surface area contributed by atoms with Gasteiger partial charge in [0.05, 0.1) is 22.1 Å². The molecule has 2 aromatic carbocycles. The minimum atomic E-state index is -1.45. The van der Waals surface area contributed by atoms with Gasteiger partial charge in [0.15, 0.2) is 6.61 Å². The van der Waals surface area contributed by atoms with Crippen LogP contribution in [-0.2, 0) is 4.79 Å². The standard InChI is InChI=1S/C16H12N2O8/c19-14(8-26-11-3-1-2-10(7-11)18(24)25)17-9-4-5-12(15(20)21)13(6-9)16(22)23/h1-7H,8H2,(H,17,19)(H,20,21)(H,22,23). The van der Waals surface area contributed by atoms with E-state index in [4.69, 9.17) is 14.9 Å². The number of non-ortho nitro benzene ring substituents is 1. The van der Waals surface area contributed by atoms with Crippen LogP contribution in [0.25, 0.3) is 0 Å². The minimum absolute atomic E-state index is 0.0695. The smallest absolute Gasteiger partial charge is 0.336 e. The van der Waals surface area contributed by atoms with Gasteiger partial charge in [-0.1, -0.05) is 6.07 Å². The van der Waals surface area contributed by atoms with Crippen molar-refractivity contribution in [2.75, 3.05) is 11.9 Å². The second kappa shape index (κ2) is 7.75. The number of ether oxygens (including phenoxy) is 1. The molecule has 0 aliphatic heterocycles. The minimum Gasteiger partial charge on any atom is -0.484 e. The van der Waals surface area contributed by atoms with Crippen LogP contribution in [0.5, 0.6) is 5.75 Å². The van der Waals surface area contributed by atoms with Crippen LogP contribution in [0, 0.1) is 10.1 Å². The molecule has 0 atom stereocenters. The van der Waals surface area contributed by atoms with Gasteiger partial charge in [-0.3, -0.25) is 14.9 Å². The number of carboxylic acid groups (broad SMARTS) is 2. The van der Waals surface area contributed by atoms with Crippen molar-refractivity contribution in [3.05, 3.63) is 63.7 Å². The highest BCUT2D eigenvalue weighted by Gasteiger charge is 2.17. The first-order chi connectivity index (χ1) is 12.3. The Morgan fingerprint density at radius 3 is 2.35 bits per heavy atom. The van der Waals surface area contributed by atoms with Crippen LogP contribution in [0.4, 0.5) is 11.4 Å². The first kappa shape index (κ1) is 18.4. The Morgan fingerprint density at radius 2 is 1.73 bits per heavy atom. The molecule has 3 N–H and O–H groups in total. The molecule has 0 radical (unpaired) electrons. The van der Waals surface area contributed by atoms with Crippen molar-refractivity contribution >= 4 is 29.2 Å². The average Bonchev–Trinajstić information content (AvgIpc) is 2.60. The number of aromatic carboxylic acids is 2. The Balaban J connectivity index is 2.05. The molecule has 10 heteroatoms. The highest BCUT2D eigenvalue weighted by Crippen LogP contribution is 2.19. The van der Waals surface area contributed by atoms with Gasteiger partial charge in [0.25, 0.3) is 11.6 Å². The van der Waals surface area contributed by atoms with Crippen LogP contribution in [0.3, 0.4) is 0 Å². The van der Waals surface area contributed by atoms with Crippen molar-refractivity contribution < 1.29 is 34.3 Å². The number of anilines is 1. The van der Waals surface area contributed by atoms with Crippen molar-refractivity contribution in [3.63, 3.8) is 0 Å². The molecule has 0 fully saturated rings. The molecule has 134 valence electrons.